The van der Waals surface area contributed by atoms with E-state index in [0.29, 0.717) is 0 Å². The van der Waals surface area contributed by atoms with Crippen LogP contribution >= 0.6 is 24.8 Å². The Morgan fingerprint density at radius 1 is 0.750 bits per heavy atom. The van der Waals surface area contributed by atoms with Crippen molar-refractivity contribution in [2.75, 3.05) is 0 Å². The Kier molecular flexibility index (Phi) is 452. The smallest absolute Gasteiger partial charge is 0 e. The van der Waals surface area contributed by atoms with Gasteiger partial charge < -0.3 is 6.15 Å². The second kappa shape index (κ2) is 29.2. The summed E-state index contributed by atoms with van der Waals surface area (Å²) in [6.45, 7) is 0. The average molecular weight is 285 g/mol. The summed E-state index contributed by atoms with van der Waals surface area (Å²) in [6.07, 6.45) is 0. The zero-order chi connectivity index (χ0) is 0. The maximum absolute atomic E-state index is 0. The molecule has 1 nitrogen and oxygen atoms in total. The normalized spacial score (nSPS) is 0. The van der Waals surface area contributed by atoms with Gasteiger partial charge in [0.15, 0.2) is 0 Å². The van der Waals surface area contributed by atoms with Crippen LogP contribution in [0.15, 0.2) is 0 Å². The molecule has 0 aliphatic heterocycles. The van der Waals surface area contributed by atoms with Gasteiger partial charge in [0, 0.05) is 21.1 Å². The Bertz CT molecular complexity index is 6.00. The predicted molar refractivity (Wildman–Crippen MR) is 19.5 cm³/mol. The Morgan fingerprint density at radius 3 is 0.750 bits per heavy atom. The van der Waals surface area contributed by atoms with Crippen LogP contribution in [0.2, 0.25) is 0 Å². The summed E-state index contributed by atoms with van der Waals surface area (Å²) in [6, 6.07) is 0. The van der Waals surface area contributed by atoms with E-state index in [9.17, 15) is 0 Å². The van der Waals surface area contributed by atoms with Gasteiger partial charge in [0.1, 0.15) is 0 Å². The third-order valence-electron chi connectivity index (χ3n) is 0. The Morgan fingerprint density at radius 2 is 0.750 bits per heavy atom. The molecule has 0 aliphatic rings. The second-order valence-corrected chi connectivity index (χ2v) is 0. The van der Waals surface area contributed by atoms with Crippen LogP contribution < -0.4 is 6.15 Å². The molecule has 4 heteroatoms. The van der Waals surface area contributed by atoms with Crippen molar-refractivity contribution < 1.29 is 21.1 Å². The van der Waals surface area contributed by atoms with Gasteiger partial charge in [-0.3, -0.25) is 0 Å². The van der Waals surface area contributed by atoms with Gasteiger partial charge in [-0.15, -0.1) is 24.8 Å². The molecule has 0 rings (SSSR count). The van der Waals surface area contributed by atoms with Gasteiger partial charge in [0.25, 0.3) is 0 Å². The van der Waals surface area contributed by atoms with Crippen molar-refractivity contribution in [1.82, 2.24) is 6.15 Å². The molecule has 3 N–H and O–H groups in total. The zero-order valence-electron chi connectivity index (χ0n) is 1.84. The predicted octanol–water partition coefficient (Wildman–Crippen LogP) is 1.00. The quantitative estimate of drug-likeness (QED) is 0.708. The van der Waals surface area contributed by atoms with Gasteiger partial charge in [-0.2, -0.15) is 0 Å². The maximum Gasteiger partial charge on any atom is 0 e. The second-order valence-electron chi connectivity index (χ2n) is 0. The molecule has 0 bridgehead atoms. The average Bonchev–Trinajstić information content (AvgIpc) is 0. The fraction of sp³-hybridized carbons (Fsp3) is 0. The maximum atomic E-state index is 0. The summed E-state index contributed by atoms with van der Waals surface area (Å²) in [4.78, 5) is 0. The molecular formula is H5Cl2NPt. The van der Waals surface area contributed by atoms with Gasteiger partial charge in [-0.05, 0) is 0 Å². The fourth-order valence-corrected chi connectivity index (χ4v) is 0. The number of hydrogen-bond acceptors (Lipinski definition) is 1. The van der Waals surface area contributed by atoms with Gasteiger partial charge in [0.05, 0.1) is 0 Å². The molecule has 0 saturated carbocycles. The molecule has 0 radical (unpaired) electrons. The van der Waals surface area contributed by atoms with Crippen LogP contribution in [0, 0.1) is 0 Å². The summed E-state index contributed by atoms with van der Waals surface area (Å²) < 4.78 is 0. The fourth-order valence-electron chi connectivity index (χ4n) is 0. The van der Waals surface area contributed by atoms with Crippen LogP contribution in [0.25, 0.3) is 0 Å². The van der Waals surface area contributed by atoms with E-state index in [1.165, 1.54) is 0 Å². The summed E-state index contributed by atoms with van der Waals surface area (Å²) in [5.41, 5.74) is 0. The van der Waals surface area contributed by atoms with Crippen molar-refractivity contribution in [3.05, 3.63) is 0 Å². The first kappa shape index (κ1) is 62.0. The van der Waals surface area contributed by atoms with Crippen molar-refractivity contribution in [3.8, 4) is 0 Å². The molecule has 0 aliphatic carbocycles. The van der Waals surface area contributed by atoms with Crippen LogP contribution in [-0.2, 0) is 21.1 Å². The number of halogens is 2. The minimum atomic E-state index is 0. The van der Waals surface area contributed by atoms with E-state index in [1.807, 2.05) is 0 Å². The van der Waals surface area contributed by atoms with E-state index in [1.54, 1.807) is 0 Å². The Labute approximate surface area is 52.2 Å². The van der Waals surface area contributed by atoms with Crippen LogP contribution in [-0.4, -0.2) is 0 Å². The summed E-state index contributed by atoms with van der Waals surface area (Å²) in [7, 11) is 0. The van der Waals surface area contributed by atoms with E-state index >= 15 is 0 Å². The molecule has 0 aromatic heterocycles. The van der Waals surface area contributed by atoms with Crippen molar-refractivity contribution in [3.63, 3.8) is 0 Å². The Balaban J connectivity index is 0. The molecular weight excluding hydrogens is 280 g/mol. The largest absolute Gasteiger partial charge is 0.344 e. The number of hydrogen-bond donors (Lipinski definition) is 1. The SMILES string of the molecule is Cl.Cl.N.[Pt]. The first-order valence-electron chi connectivity index (χ1n) is 0. The Hall–Kier alpha value is 1.23. The number of rotatable bonds is 0. The van der Waals surface area contributed by atoms with Crippen LogP contribution in [0.1, 0.15) is 0 Å². The van der Waals surface area contributed by atoms with Crippen molar-refractivity contribution in [2.45, 2.75) is 0 Å². The van der Waals surface area contributed by atoms with Gasteiger partial charge >= 0.3 is 0 Å². The molecule has 0 spiro atoms. The zero-order valence-corrected chi connectivity index (χ0v) is 5.75. The van der Waals surface area contributed by atoms with Crippen molar-refractivity contribution >= 4 is 24.8 Å². The van der Waals surface area contributed by atoms with Crippen molar-refractivity contribution in [1.29, 1.82) is 0 Å². The van der Waals surface area contributed by atoms with E-state index in [4.69, 9.17) is 0 Å². The molecule has 0 heterocycles. The molecule has 0 amide bonds. The molecule has 0 aromatic rings. The van der Waals surface area contributed by atoms with Crippen LogP contribution in [0.3, 0.4) is 0 Å². The van der Waals surface area contributed by atoms with E-state index in [0.717, 1.165) is 0 Å². The van der Waals surface area contributed by atoms with Crippen LogP contribution in [0.4, 0.5) is 0 Å². The topological polar surface area (TPSA) is 35.0 Å². The van der Waals surface area contributed by atoms with E-state index < -0.39 is 0 Å². The van der Waals surface area contributed by atoms with Gasteiger partial charge in [0.2, 0.25) is 0 Å². The summed E-state index contributed by atoms with van der Waals surface area (Å²) in [5.74, 6) is 0. The molecule has 34 valence electrons. The van der Waals surface area contributed by atoms with Gasteiger partial charge in [-0.1, -0.05) is 0 Å². The first-order valence-corrected chi connectivity index (χ1v) is 0. The molecule has 0 saturated heterocycles. The standard InChI is InChI=1S/2ClH.H3N.Pt/h2*1H;1H3;. The summed E-state index contributed by atoms with van der Waals surface area (Å²) in [5, 5.41) is 0. The van der Waals surface area contributed by atoms with E-state index in [2.05, 4.69) is 0 Å². The monoisotopic (exact) mass is 284 g/mol. The molecule has 4 heavy (non-hydrogen) atoms. The third kappa shape index (κ3) is 10.6. The summed E-state index contributed by atoms with van der Waals surface area (Å²) >= 11 is 0. The molecule has 0 atom stereocenters. The van der Waals surface area contributed by atoms with Gasteiger partial charge in [-0.25, -0.2) is 0 Å². The molecule has 0 unspecified atom stereocenters. The molecule has 0 fully saturated rings. The third-order valence-corrected chi connectivity index (χ3v) is 0. The minimum absolute atomic E-state index is 0. The van der Waals surface area contributed by atoms with Crippen LogP contribution in [0.5, 0.6) is 0 Å². The minimum Gasteiger partial charge on any atom is -0.344 e. The van der Waals surface area contributed by atoms with E-state index in [-0.39, 0.29) is 52.0 Å². The first-order chi connectivity index (χ1) is 0. The van der Waals surface area contributed by atoms with Crippen molar-refractivity contribution in [2.24, 2.45) is 0 Å². The molecule has 0 aromatic carbocycles.